The molecule has 2 rings (SSSR count). The highest BCUT2D eigenvalue weighted by Gasteiger charge is 2.41. The molecule has 0 spiro atoms. The number of nitrogen functional groups attached to an aromatic ring is 1. The third kappa shape index (κ3) is 3.19. The number of nitrogens with two attached hydrogens (primary N) is 1. The maximum absolute atomic E-state index is 12.2. The maximum Gasteiger partial charge on any atom is 0.255 e. The largest absolute Gasteiger partial charge is 0.496 e. The van der Waals surface area contributed by atoms with E-state index in [2.05, 4.69) is 12.2 Å². The molecular weight excluding hydrogens is 240 g/mol. The van der Waals surface area contributed by atoms with Gasteiger partial charge >= 0.3 is 0 Å². The third-order valence-corrected chi connectivity index (χ3v) is 3.83. The molecule has 0 aliphatic heterocycles. The number of anilines is 1. The second-order valence-corrected chi connectivity index (χ2v) is 5.39. The van der Waals surface area contributed by atoms with Crippen LogP contribution in [0.25, 0.3) is 0 Å². The fourth-order valence-corrected chi connectivity index (χ4v) is 2.48. The number of carbonyl (C=O) groups is 1. The quantitative estimate of drug-likeness (QED) is 0.774. The van der Waals surface area contributed by atoms with Crippen LogP contribution in [0.4, 0.5) is 5.69 Å². The SMILES string of the molecule is CCCC1(CNC(=O)c2ccc(N)cc2OC)CC1. The van der Waals surface area contributed by atoms with Crippen molar-refractivity contribution in [3.63, 3.8) is 0 Å². The zero-order valence-corrected chi connectivity index (χ0v) is 11.7. The van der Waals surface area contributed by atoms with Gasteiger partial charge < -0.3 is 15.8 Å². The van der Waals surface area contributed by atoms with Crippen LogP contribution in [0.3, 0.4) is 0 Å². The first kappa shape index (κ1) is 13.7. The summed E-state index contributed by atoms with van der Waals surface area (Å²) in [5.74, 6) is 0.442. The summed E-state index contributed by atoms with van der Waals surface area (Å²) in [5, 5.41) is 3.02. The van der Waals surface area contributed by atoms with E-state index >= 15 is 0 Å². The summed E-state index contributed by atoms with van der Waals surface area (Å²) < 4.78 is 5.20. The molecule has 19 heavy (non-hydrogen) atoms. The lowest BCUT2D eigenvalue weighted by molar-refractivity contribution is 0.0940. The minimum absolute atomic E-state index is 0.0840. The Kier molecular flexibility index (Phi) is 3.98. The van der Waals surface area contributed by atoms with E-state index in [1.165, 1.54) is 25.7 Å². The molecule has 3 N–H and O–H groups in total. The summed E-state index contributed by atoms with van der Waals surface area (Å²) in [6.45, 7) is 2.94. The standard InChI is InChI=1S/C15H22N2O2/c1-3-6-15(7-8-15)10-17-14(18)12-5-4-11(16)9-13(12)19-2/h4-5,9H,3,6-8,10,16H2,1-2H3,(H,17,18). The van der Waals surface area contributed by atoms with Crippen LogP contribution in [0.5, 0.6) is 5.75 Å². The van der Waals surface area contributed by atoms with Gasteiger partial charge in [0.2, 0.25) is 0 Å². The Morgan fingerprint density at radius 3 is 2.79 bits per heavy atom. The van der Waals surface area contributed by atoms with Gasteiger partial charge in [0, 0.05) is 18.3 Å². The van der Waals surface area contributed by atoms with E-state index < -0.39 is 0 Å². The molecule has 0 heterocycles. The molecule has 1 amide bonds. The van der Waals surface area contributed by atoms with Crippen LogP contribution >= 0.6 is 0 Å². The Bertz CT molecular complexity index is 467. The second-order valence-electron chi connectivity index (χ2n) is 5.39. The third-order valence-electron chi connectivity index (χ3n) is 3.83. The van der Waals surface area contributed by atoms with Gasteiger partial charge in [-0.25, -0.2) is 0 Å². The molecule has 1 aromatic carbocycles. The first-order chi connectivity index (χ1) is 9.10. The van der Waals surface area contributed by atoms with Crippen molar-refractivity contribution in [3.8, 4) is 5.75 Å². The lowest BCUT2D eigenvalue weighted by atomic mass is 10.0. The minimum atomic E-state index is -0.0840. The van der Waals surface area contributed by atoms with Crippen molar-refractivity contribution >= 4 is 11.6 Å². The highest BCUT2D eigenvalue weighted by molar-refractivity contribution is 5.97. The molecular formula is C15H22N2O2. The van der Waals surface area contributed by atoms with Gasteiger partial charge in [-0.05, 0) is 36.8 Å². The number of benzene rings is 1. The average molecular weight is 262 g/mol. The molecule has 0 aromatic heterocycles. The Morgan fingerprint density at radius 1 is 1.47 bits per heavy atom. The summed E-state index contributed by atoms with van der Waals surface area (Å²) in [6, 6.07) is 5.10. The molecule has 0 bridgehead atoms. The van der Waals surface area contributed by atoms with E-state index in [1.807, 2.05) is 0 Å². The average Bonchev–Trinajstić information content (AvgIpc) is 3.16. The number of hydrogen-bond donors (Lipinski definition) is 2. The molecule has 4 heteroatoms. The van der Waals surface area contributed by atoms with Gasteiger partial charge in [-0.2, -0.15) is 0 Å². The van der Waals surface area contributed by atoms with Gasteiger partial charge in [0.1, 0.15) is 5.75 Å². The van der Waals surface area contributed by atoms with Crippen LogP contribution in [0.15, 0.2) is 18.2 Å². The van der Waals surface area contributed by atoms with E-state index in [0.29, 0.717) is 22.4 Å². The lowest BCUT2D eigenvalue weighted by Crippen LogP contribution is -2.30. The second kappa shape index (κ2) is 5.51. The minimum Gasteiger partial charge on any atom is -0.496 e. The molecule has 1 fully saturated rings. The maximum atomic E-state index is 12.2. The topological polar surface area (TPSA) is 64.4 Å². The number of hydrogen-bond acceptors (Lipinski definition) is 3. The number of methoxy groups -OCH3 is 1. The first-order valence-corrected chi connectivity index (χ1v) is 6.82. The number of nitrogens with one attached hydrogen (secondary N) is 1. The van der Waals surface area contributed by atoms with Crippen molar-refractivity contribution in [1.82, 2.24) is 5.32 Å². The molecule has 1 aliphatic carbocycles. The lowest BCUT2D eigenvalue weighted by Gasteiger charge is -2.16. The molecule has 0 saturated heterocycles. The summed E-state index contributed by atoms with van der Waals surface area (Å²) in [5.41, 5.74) is 7.18. The Balaban J connectivity index is 2.00. The van der Waals surface area contributed by atoms with Crippen molar-refractivity contribution < 1.29 is 9.53 Å². The van der Waals surface area contributed by atoms with Crippen molar-refractivity contribution in [2.75, 3.05) is 19.4 Å². The molecule has 0 atom stereocenters. The molecule has 4 nitrogen and oxygen atoms in total. The monoisotopic (exact) mass is 262 g/mol. The van der Waals surface area contributed by atoms with Crippen molar-refractivity contribution in [2.45, 2.75) is 32.6 Å². The first-order valence-electron chi connectivity index (χ1n) is 6.82. The molecule has 1 aliphatic rings. The van der Waals surface area contributed by atoms with Crippen LogP contribution in [0.1, 0.15) is 43.0 Å². The predicted octanol–water partition coefficient (Wildman–Crippen LogP) is 2.59. The summed E-state index contributed by atoms with van der Waals surface area (Å²) in [7, 11) is 1.55. The van der Waals surface area contributed by atoms with Crippen molar-refractivity contribution in [3.05, 3.63) is 23.8 Å². The molecule has 104 valence electrons. The zero-order valence-electron chi connectivity index (χ0n) is 11.7. The van der Waals surface area contributed by atoms with Gasteiger partial charge in [0.25, 0.3) is 5.91 Å². The van der Waals surface area contributed by atoms with E-state index in [4.69, 9.17) is 10.5 Å². The van der Waals surface area contributed by atoms with Gasteiger partial charge in [-0.15, -0.1) is 0 Å². The van der Waals surface area contributed by atoms with E-state index in [0.717, 1.165) is 6.54 Å². The predicted molar refractivity (Wildman–Crippen MR) is 76.3 cm³/mol. The van der Waals surface area contributed by atoms with Crippen LogP contribution in [-0.2, 0) is 0 Å². The fraction of sp³-hybridized carbons (Fsp3) is 0.533. The van der Waals surface area contributed by atoms with Crippen LogP contribution < -0.4 is 15.8 Å². The van der Waals surface area contributed by atoms with Gasteiger partial charge in [-0.1, -0.05) is 13.3 Å². The molecule has 0 unspecified atom stereocenters. The van der Waals surface area contributed by atoms with E-state index in [9.17, 15) is 4.79 Å². The number of ether oxygens (including phenoxy) is 1. The zero-order chi connectivity index (χ0) is 13.9. The van der Waals surface area contributed by atoms with Crippen molar-refractivity contribution in [2.24, 2.45) is 5.41 Å². The van der Waals surface area contributed by atoms with Gasteiger partial charge in [0.15, 0.2) is 0 Å². The smallest absolute Gasteiger partial charge is 0.255 e. The normalized spacial score (nSPS) is 15.9. The molecule has 1 saturated carbocycles. The molecule has 0 radical (unpaired) electrons. The highest BCUT2D eigenvalue weighted by Crippen LogP contribution is 2.48. The van der Waals surface area contributed by atoms with Crippen LogP contribution in [0.2, 0.25) is 0 Å². The van der Waals surface area contributed by atoms with E-state index in [-0.39, 0.29) is 5.91 Å². The molecule has 1 aromatic rings. The van der Waals surface area contributed by atoms with E-state index in [1.54, 1.807) is 25.3 Å². The Morgan fingerprint density at radius 2 is 2.21 bits per heavy atom. The number of rotatable bonds is 6. The Labute approximate surface area is 114 Å². The summed E-state index contributed by atoms with van der Waals surface area (Å²) in [4.78, 5) is 12.2. The van der Waals surface area contributed by atoms with Crippen molar-refractivity contribution in [1.29, 1.82) is 0 Å². The Hall–Kier alpha value is -1.71. The highest BCUT2D eigenvalue weighted by atomic mass is 16.5. The van der Waals surface area contributed by atoms with Gasteiger partial charge in [-0.3, -0.25) is 4.79 Å². The van der Waals surface area contributed by atoms with Gasteiger partial charge in [0.05, 0.1) is 12.7 Å². The fourth-order valence-electron chi connectivity index (χ4n) is 2.48. The number of amides is 1. The summed E-state index contributed by atoms with van der Waals surface area (Å²) >= 11 is 0. The summed E-state index contributed by atoms with van der Waals surface area (Å²) in [6.07, 6.45) is 4.80. The van der Waals surface area contributed by atoms with Crippen LogP contribution in [-0.4, -0.2) is 19.6 Å². The van der Waals surface area contributed by atoms with Crippen LogP contribution in [0, 0.1) is 5.41 Å². The number of carbonyl (C=O) groups excluding carboxylic acids is 1.